The van der Waals surface area contributed by atoms with Crippen LogP contribution in [0.3, 0.4) is 0 Å². The minimum atomic E-state index is -0.0128. The number of rotatable bonds is 3. The molecule has 1 aromatic heterocycles. The van der Waals surface area contributed by atoms with E-state index in [0.717, 1.165) is 4.90 Å². The van der Waals surface area contributed by atoms with Crippen molar-refractivity contribution in [3.8, 4) is 0 Å². The monoisotopic (exact) mass is 197 g/mol. The van der Waals surface area contributed by atoms with Gasteiger partial charge < -0.3 is 11.1 Å². The van der Waals surface area contributed by atoms with Gasteiger partial charge in [-0.15, -0.1) is 11.8 Å². The molecule has 3 N–H and O–H groups in total. The fraction of sp³-hybridized carbons (Fsp3) is 0.250. The number of carbonyl (C=O) groups excluding carboxylic acids is 1. The van der Waals surface area contributed by atoms with E-state index in [2.05, 4.69) is 10.3 Å². The molecule has 1 rings (SSSR count). The topological polar surface area (TPSA) is 68.0 Å². The Bertz CT molecular complexity index is 303. The molecule has 0 aromatic carbocycles. The number of carbonyl (C=O) groups is 1. The maximum absolute atomic E-state index is 10.9. The van der Waals surface area contributed by atoms with Gasteiger partial charge in [0.2, 0.25) is 5.91 Å². The number of anilines is 1. The summed E-state index contributed by atoms with van der Waals surface area (Å²) >= 11 is 1.40. The van der Waals surface area contributed by atoms with Gasteiger partial charge in [0.15, 0.2) is 0 Å². The lowest BCUT2D eigenvalue weighted by molar-refractivity contribution is -0.118. The van der Waals surface area contributed by atoms with Crippen LogP contribution in [0.1, 0.15) is 0 Å². The molecule has 1 aromatic rings. The Balaban J connectivity index is 2.54. The third kappa shape index (κ3) is 2.95. The number of aromatic nitrogens is 1. The zero-order chi connectivity index (χ0) is 9.68. The van der Waals surface area contributed by atoms with Crippen LogP contribution in [0, 0.1) is 0 Å². The van der Waals surface area contributed by atoms with E-state index in [1.807, 2.05) is 0 Å². The van der Waals surface area contributed by atoms with Crippen molar-refractivity contribution in [3.63, 3.8) is 0 Å². The lowest BCUT2D eigenvalue weighted by Gasteiger charge is -2.02. The van der Waals surface area contributed by atoms with Gasteiger partial charge in [-0.05, 0) is 6.07 Å². The summed E-state index contributed by atoms with van der Waals surface area (Å²) in [4.78, 5) is 15.6. The number of pyridine rings is 1. The van der Waals surface area contributed by atoms with E-state index in [4.69, 9.17) is 5.73 Å². The van der Waals surface area contributed by atoms with Gasteiger partial charge in [0, 0.05) is 18.1 Å². The van der Waals surface area contributed by atoms with Gasteiger partial charge >= 0.3 is 0 Å². The molecule has 0 fully saturated rings. The molecule has 70 valence electrons. The van der Waals surface area contributed by atoms with Crippen molar-refractivity contribution in [2.45, 2.75) is 4.90 Å². The highest BCUT2D eigenvalue weighted by atomic mass is 32.2. The Morgan fingerprint density at radius 1 is 1.77 bits per heavy atom. The van der Waals surface area contributed by atoms with Gasteiger partial charge in [-0.3, -0.25) is 9.78 Å². The van der Waals surface area contributed by atoms with E-state index in [9.17, 15) is 4.79 Å². The molecule has 0 bridgehead atoms. The summed E-state index contributed by atoms with van der Waals surface area (Å²) in [5.74, 6) is 0.367. The summed E-state index contributed by atoms with van der Waals surface area (Å²) in [6, 6.07) is 1.79. The maximum atomic E-state index is 10.9. The fourth-order valence-corrected chi connectivity index (χ4v) is 1.55. The molecule has 0 aliphatic rings. The van der Waals surface area contributed by atoms with Crippen LogP contribution < -0.4 is 11.1 Å². The van der Waals surface area contributed by atoms with Crippen molar-refractivity contribution < 1.29 is 4.79 Å². The van der Waals surface area contributed by atoms with Gasteiger partial charge in [-0.25, -0.2) is 0 Å². The highest BCUT2D eigenvalue weighted by molar-refractivity contribution is 8.00. The molecule has 1 amide bonds. The summed E-state index contributed by atoms with van der Waals surface area (Å²) in [5.41, 5.74) is 6.24. The summed E-state index contributed by atoms with van der Waals surface area (Å²) < 4.78 is 0. The molecule has 5 heteroatoms. The first-order valence-electron chi connectivity index (χ1n) is 3.77. The van der Waals surface area contributed by atoms with Gasteiger partial charge in [-0.1, -0.05) is 0 Å². The number of thioether (sulfide) groups is 1. The second kappa shape index (κ2) is 4.71. The van der Waals surface area contributed by atoms with Gasteiger partial charge in [0.25, 0.3) is 0 Å². The molecule has 0 aliphatic heterocycles. The number of nitrogens with one attached hydrogen (secondary N) is 1. The van der Waals surface area contributed by atoms with Crippen LogP contribution in [0.2, 0.25) is 0 Å². The van der Waals surface area contributed by atoms with Crippen molar-refractivity contribution >= 4 is 23.4 Å². The van der Waals surface area contributed by atoms with Gasteiger partial charge in [0.1, 0.15) is 0 Å². The maximum Gasteiger partial charge on any atom is 0.230 e. The van der Waals surface area contributed by atoms with Gasteiger partial charge in [0.05, 0.1) is 17.6 Å². The van der Waals surface area contributed by atoms with Crippen LogP contribution >= 0.6 is 11.8 Å². The smallest absolute Gasteiger partial charge is 0.230 e. The first kappa shape index (κ1) is 9.85. The van der Waals surface area contributed by atoms with Crippen LogP contribution in [-0.2, 0) is 4.79 Å². The van der Waals surface area contributed by atoms with Crippen molar-refractivity contribution in [2.24, 2.45) is 0 Å². The SMILES string of the molecule is CNC(=O)CSc1ccncc1N. The zero-order valence-corrected chi connectivity index (χ0v) is 8.10. The van der Waals surface area contributed by atoms with Crippen molar-refractivity contribution in [3.05, 3.63) is 18.5 Å². The number of hydrogen-bond acceptors (Lipinski definition) is 4. The molecule has 13 heavy (non-hydrogen) atoms. The van der Waals surface area contributed by atoms with Crippen LogP contribution in [0.4, 0.5) is 5.69 Å². The predicted octanol–water partition coefficient (Wildman–Crippen LogP) is 0.502. The molecular weight excluding hydrogens is 186 g/mol. The number of nitrogen functional groups attached to an aromatic ring is 1. The summed E-state index contributed by atoms with van der Waals surface area (Å²) in [6.07, 6.45) is 3.23. The molecule has 4 nitrogen and oxygen atoms in total. The lowest BCUT2D eigenvalue weighted by Crippen LogP contribution is -2.19. The van der Waals surface area contributed by atoms with Crippen LogP contribution in [0.25, 0.3) is 0 Å². The first-order chi connectivity index (χ1) is 6.24. The molecule has 1 heterocycles. The number of nitrogens with two attached hydrogens (primary N) is 1. The van der Waals surface area contributed by atoms with E-state index in [1.165, 1.54) is 11.8 Å². The predicted molar refractivity (Wildman–Crippen MR) is 53.4 cm³/mol. The lowest BCUT2D eigenvalue weighted by atomic mass is 10.4. The molecule has 0 saturated carbocycles. The van der Waals surface area contributed by atoms with Crippen LogP contribution in [0.15, 0.2) is 23.4 Å². The molecule has 0 unspecified atom stereocenters. The van der Waals surface area contributed by atoms with Crippen LogP contribution in [-0.4, -0.2) is 23.7 Å². The quantitative estimate of drug-likeness (QED) is 0.692. The second-order valence-corrected chi connectivity index (χ2v) is 3.39. The normalized spacial score (nSPS) is 9.62. The summed E-state index contributed by atoms with van der Waals surface area (Å²) in [5, 5.41) is 2.54. The standard InChI is InChI=1S/C8H11N3OS/c1-10-8(12)5-13-7-2-3-11-4-6(7)9/h2-4H,5,9H2,1H3,(H,10,12). The average molecular weight is 197 g/mol. The highest BCUT2D eigenvalue weighted by Gasteiger charge is 2.02. The molecule has 0 saturated heterocycles. The number of nitrogens with zero attached hydrogens (tertiary/aromatic N) is 1. The van der Waals surface area contributed by atoms with E-state index >= 15 is 0 Å². The molecule has 0 aliphatic carbocycles. The number of hydrogen-bond donors (Lipinski definition) is 2. The van der Waals surface area contributed by atoms with E-state index in [-0.39, 0.29) is 5.91 Å². The fourth-order valence-electron chi connectivity index (χ4n) is 0.741. The summed E-state index contributed by atoms with van der Waals surface area (Å²) in [7, 11) is 1.61. The third-order valence-corrected chi connectivity index (χ3v) is 2.54. The molecule has 0 atom stereocenters. The van der Waals surface area contributed by atoms with Gasteiger partial charge in [-0.2, -0.15) is 0 Å². The van der Waals surface area contributed by atoms with Crippen LogP contribution in [0.5, 0.6) is 0 Å². The van der Waals surface area contributed by atoms with E-state index in [0.29, 0.717) is 11.4 Å². The Labute approximate surface area is 80.9 Å². The Hall–Kier alpha value is -1.23. The minimum absolute atomic E-state index is 0.0128. The minimum Gasteiger partial charge on any atom is -0.397 e. The largest absolute Gasteiger partial charge is 0.397 e. The Kier molecular flexibility index (Phi) is 3.57. The molecule has 0 spiro atoms. The third-order valence-electron chi connectivity index (χ3n) is 1.45. The van der Waals surface area contributed by atoms with Crippen molar-refractivity contribution in [1.82, 2.24) is 10.3 Å². The van der Waals surface area contributed by atoms with E-state index < -0.39 is 0 Å². The molecular formula is C8H11N3OS. The molecule has 0 radical (unpaired) electrons. The van der Waals surface area contributed by atoms with Crippen molar-refractivity contribution in [1.29, 1.82) is 0 Å². The van der Waals surface area contributed by atoms with E-state index in [1.54, 1.807) is 25.5 Å². The Morgan fingerprint density at radius 2 is 2.54 bits per heavy atom. The number of amides is 1. The highest BCUT2D eigenvalue weighted by Crippen LogP contribution is 2.22. The summed E-state index contributed by atoms with van der Waals surface area (Å²) in [6.45, 7) is 0. The first-order valence-corrected chi connectivity index (χ1v) is 4.75. The second-order valence-electron chi connectivity index (χ2n) is 2.38. The zero-order valence-electron chi connectivity index (χ0n) is 7.28. The average Bonchev–Trinajstić information content (AvgIpc) is 2.16. The van der Waals surface area contributed by atoms with Crippen molar-refractivity contribution in [2.75, 3.05) is 18.5 Å². The Morgan fingerprint density at radius 3 is 3.15 bits per heavy atom.